The van der Waals surface area contributed by atoms with E-state index in [1.165, 1.54) is 35.0 Å². The SMILES string of the molecule is Fc1cccc(Cl)c1/C=N\n1cnnc1SCc1ccccc1Cl. The second-order valence-corrected chi connectivity index (χ2v) is 6.47. The van der Waals surface area contributed by atoms with Crippen LogP contribution in [0.3, 0.4) is 0 Å². The van der Waals surface area contributed by atoms with Gasteiger partial charge in [0.1, 0.15) is 12.1 Å². The highest BCUT2D eigenvalue weighted by Gasteiger charge is 2.08. The molecule has 0 radical (unpaired) electrons. The van der Waals surface area contributed by atoms with Crippen molar-refractivity contribution in [1.29, 1.82) is 0 Å². The topological polar surface area (TPSA) is 43.1 Å². The molecule has 3 rings (SSSR count). The standard InChI is InChI=1S/C16H11Cl2FN4S/c17-13-5-2-1-4-11(13)9-24-16-22-20-10-23(16)21-8-12-14(18)6-3-7-15(12)19/h1-8,10H,9H2/b21-8-. The molecule has 2 aromatic carbocycles. The van der Waals surface area contributed by atoms with Crippen LogP contribution in [0.25, 0.3) is 0 Å². The summed E-state index contributed by atoms with van der Waals surface area (Å²) in [5.41, 5.74) is 1.20. The minimum absolute atomic E-state index is 0.218. The van der Waals surface area contributed by atoms with E-state index in [1.54, 1.807) is 12.1 Å². The van der Waals surface area contributed by atoms with Crippen molar-refractivity contribution in [3.8, 4) is 0 Å². The van der Waals surface area contributed by atoms with Crippen molar-refractivity contribution >= 4 is 41.2 Å². The van der Waals surface area contributed by atoms with Gasteiger partial charge in [-0.05, 0) is 23.8 Å². The molecule has 8 heteroatoms. The van der Waals surface area contributed by atoms with E-state index in [9.17, 15) is 4.39 Å². The van der Waals surface area contributed by atoms with Crippen LogP contribution < -0.4 is 0 Å². The van der Waals surface area contributed by atoms with E-state index in [0.29, 0.717) is 15.9 Å². The van der Waals surface area contributed by atoms with Crippen LogP contribution in [-0.2, 0) is 5.75 Å². The molecule has 0 unspecified atom stereocenters. The molecule has 0 fully saturated rings. The predicted octanol–water partition coefficient (Wildman–Crippen LogP) is 4.90. The van der Waals surface area contributed by atoms with Crippen molar-refractivity contribution in [2.75, 3.05) is 0 Å². The Balaban J connectivity index is 1.76. The van der Waals surface area contributed by atoms with Crippen molar-refractivity contribution in [3.63, 3.8) is 0 Å². The molecule has 0 atom stereocenters. The van der Waals surface area contributed by atoms with Crippen molar-refractivity contribution < 1.29 is 4.39 Å². The van der Waals surface area contributed by atoms with Gasteiger partial charge in [0.25, 0.3) is 0 Å². The Morgan fingerprint density at radius 3 is 2.71 bits per heavy atom. The first kappa shape index (κ1) is 17.0. The molecule has 0 aliphatic carbocycles. The molecular weight excluding hydrogens is 370 g/mol. The lowest BCUT2D eigenvalue weighted by molar-refractivity contribution is 0.625. The van der Waals surface area contributed by atoms with Gasteiger partial charge in [-0.1, -0.05) is 59.2 Å². The predicted molar refractivity (Wildman–Crippen MR) is 95.4 cm³/mol. The van der Waals surface area contributed by atoms with Crippen LogP contribution in [0.15, 0.2) is 59.0 Å². The second kappa shape index (κ2) is 7.79. The lowest BCUT2D eigenvalue weighted by Crippen LogP contribution is -1.95. The fraction of sp³-hybridized carbons (Fsp3) is 0.0625. The summed E-state index contributed by atoms with van der Waals surface area (Å²) in [4.78, 5) is 0. The zero-order chi connectivity index (χ0) is 16.9. The van der Waals surface area contributed by atoms with Crippen molar-refractivity contribution in [2.24, 2.45) is 5.10 Å². The molecule has 0 aliphatic rings. The molecule has 4 nitrogen and oxygen atoms in total. The number of hydrogen-bond donors (Lipinski definition) is 0. The molecule has 0 bridgehead atoms. The Hall–Kier alpha value is -1.89. The molecule has 0 N–H and O–H groups in total. The van der Waals surface area contributed by atoms with Crippen LogP contribution >= 0.6 is 35.0 Å². The van der Waals surface area contributed by atoms with Crippen LogP contribution in [0.1, 0.15) is 11.1 Å². The monoisotopic (exact) mass is 380 g/mol. The minimum Gasteiger partial charge on any atom is -0.206 e. The average Bonchev–Trinajstić information content (AvgIpc) is 3.01. The van der Waals surface area contributed by atoms with Gasteiger partial charge in [0, 0.05) is 16.3 Å². The normalized spacial score (nSPS) is 11.3. The molecule has 24 heavy (non-hydrogen) atoms. The number of halogens is 3. The number of rotatable bonds is 5. The Labute approximate surface area is 152 Å². The maximum atomic E-state index is 13.8. The molecular formula is C16H11Cl2FN4S. The van der Waals surface area contributed by atoms with Gasteiger partial charge in [0.05, 0.1) is 11.2 Å². The molecule has 1 aromatic heterocycles. The summed E-state index contributed by atoms with van der Waals surface area (Å²) in [6, 6.07) is 12.0. The zero-order valence-electron chi connectivity index (χ0n) is 12.2. The highest BCUT2D eigenvalue weighted by Crippen LogP contribution is 2.25. The fourth-order valence-corrected chi connectivity index (χ4v) is 3.27. The van der Waals surface area contributed by atoms with Crippen LogP contribution in [0, 0.1) is 5.82 Å². The van der Waals surface area contributed by atoms with Crippen LogP contribution in [-0.4, -0.2) is 21.1 Å². The molecule has 0 saturated heterocycles. The molecule has 122 valence electrons. The first-order chi connectivity index (χ1) is 11.6. The summed E-state index contributed by atoms with van der Waals surface area (Å²) < 4.78 is 15.2. The number of aromatic nitrogens is 3. The van der Waals surface area contributed by atoms with Crippen molar-refractivity contribution in [2.45, 2.75) is 10.9 Å². The molecule has 1 heterocycles. The van der Waals surface area contributed by atoms with E-state index in [1.807, 2.05) is 24.3 Å². The van der Waals surface area contributed by atoms with E-state index in [0.717, 1.165) is 5.56 Å². The number of thioether (sulfide) groups is 1. The van der Waals surface area contributed by atoms with E-state index in [-0.39, 0.29) is 10.6 Å². The molecule has 0 amide bonds. The quantitative estimate of drug-likeness (QED) is 0.467. The van der Waals surface area contributed by atoms with E-state index in [2.05, 4.69) is 15.3 Å². The van der Waals surface area contributed by atoms with Gasteiger partial charge in [-0.25, -0.2) is 4.39 Å². The first-order valence-electron chi connectivity index (χ1n) is 6.90. The fourth-order valence-electron chi connectivity index (χ4n) is 1.91. The first-order valence-corrected chi connectivity index (χ1v) is 8.64. The Morgan fingerprint density at radius 2 is 1.92 bits per heavy atom. The maximum Gasteiger partial charge on any atom is 0.212 e. The smallest absolute Gasteiger partial charge is 0.206 e. The Kier molecular flexibility index (Phi) is 5.50. The third-order valence-corrected chi connectivity index (χ3v) is 4.81. The minimum atomic E-state index is -0.440. The lowest BCUT2D eigenvalue weighted by Gasteiger charge is -2.03. The summed E-state index contributed by atoms with van der Waals surface area (Å²) in [5, 5.41) is 13.6. The van der Waals surface area contributed by atoms with Gasteiger partial charge in [0.15, 0.2) is 0 Å². The number of nitrogens with zero attached hydrogens (tertiary/aromatic N) is 4. The van der Waals surface area contributed by atoms with E-state index >= 15 is 0 Å². The summed E-state index contributed by atoms with van der Waals surface area (Å²) in [6.45, 7) is 0. The summed E-state index contributed by atoms with van der Waals surface area (Å²) in [5.74, 6) is 0.179. The third kappa shape index (κ3) is 3.95. The molecule has 0 saturated carbocycles. The zero-order valence-corrected chi connectivity index (χ0v) is 14.6. The van der Waals surface area contributed by atoms with Crippen LogP contribution in [0.2, 0.25) is 10.0 Å². The van der Waals surface area contributed by atoms with Gasteiger partial charge >= 0.3 is 0 Å². The Morgan fingerprint density at radius 1 is 1.12 bits per heavy atom. The van der Waals surface area contributed by atoms with Gasteiger partial charge < -0.3 is 0 Å². The summed E-state index contributed by atoms with van der Waals surface area (Å²) in [7, 11) is 0. The molecule has 3 aromatic rings. The summed E-state index contributed by atoms with van der Waals surface area (Å²) in [6.07, 6.45) is 2.79. The molecule has 0 spiro atoms. The summed E-state index contributed by atoms with van der Waals surface area (Å²) >= 11 is 13.5. The Bertz CT molecular complexity index is 862. The van der Waals surface area contributed by atoms with Gasteiger partial charge in [0.2, 0.25) is 5.16 Å². The van der Waals surface area contributed by atoms with Gasteiger partial charge in [-0.3, -0.25) is 0 Å². The highest BCUT2D eigenvalue weighted by molar-refractivity contribution is 7.98. The number of hydrogen-bond acceptors (Lipinski definition) is 4. The van der Waals surface area contributed by atoms with Gasteiger partial charge in [-0.15, -0.1) is 10.2 Å². The number of benzene rings is 2. The third-order valence-electron chi connectivity index (χ3n) is 3.13. The van der Waals surface area contributed by atoms with Crippen LogP contribution in [0.4, 0.5) is 4.39 Å². The van der Waals surface area contributed by atoms with E-state index < -0.39 is 5.82 Å². The lowest BCUT2D eigenvalue weighted by atomic mass is 10.2. The maximum absolute atomic E-state index is 13.8. The van der Waals surface area contributed by atoms with Crippen LogP contribution in [0.5, 0.6) is 0 Å². The highest BCUT2D eigenvalue weighted by atomic mass is 35.5. The largest absolute Gasteiger partial charge is 0.212 e. The van der Waals surface area contributed by atoms with Crippen molar-refractivity contribution in [3.05, 3.63) is 75.8 Å². The molecule has 0 aliphatic heterocycles. The van der Waals surface area contributed by atoms with E-state index in [4.69, 9.17) is 23.2 Å². The van der Waals surface area contributed by atoms with Gasteiger partial charge in [-0.2, -0.15) is 9.78 Å². The second-order valence-electron chi connectivity index (χ2n) is 4.72. The van der Waals surface area contributed by atoms with Crippen molar-refractivity contribution in [1.82, 2.24) is 14.9 Å². The average molecular weight is 381 g/mol.